The molecule has 23 nitrogen and oxygen atoms in total. The number of aliphatic imine (C=N–C) groups is 1. The van der Waals surface area contributed by atoms with Gasteiger partial charge in [-0.25, -0.2) is 14.4 Å². The molecule has 24 heteroatoms. The highest BCUT2D eigenvalue weighted by molar-refractivity contribution is 7.81. The van der Waals surface area contributed by atoms with E-state index < -0.39 is 39.1 Å². The van der Waals surface area contributed by atoms with Gasteiger partial charge < -0.3 is 24.4 Å². The Balaban J connectivity index is 1.07. The van der Waals surface area contributed by atoms with Crippen molar-refractivity contribution in [3.8, 4) is 0 Å². The number of nitro benzene ring substituents is 3. The van der Waals surface area contributed by atoms with E-state index in [2.05, 4.69) is 33.6 Å². The van der Waals surface area contributed by atoms with Gasteiger partial charge in [-0.05, 0) is 65.9 Å². The van der Waals surface area contributed by atoms with Crippen molar-refractivity contribution >= 4 is 65.7 Å². The molecule has 5 rings (SSSR count). The van der Waals surface area contributed by atoms with E-state index in [1.165, 1.54) is 82.6 Å². The largest absolute Gasteiger partial charge is 0.445 e. The summed E-state index contributed by atoms with van der Waals surface area (Å²) in [7, 11) is 0. The summed E-state index contributed by atoms with van der Waals surface area (Å²) in [5.41, 5.74) is 0.986. The van der Waals surface area contributed by atoms with Crippen LogP contribution in [0.5, 0.6) is 0 Å². The molecule has 0 aromatic heterocycles. The molecular weight excluding hydrogens is 827 g/mol. The second-order valence-electron chi connectivity index (χ2n) is 13.6. The first-order valence-corrected chi connectivity index (χ1v) is 19.0. The summed E-state index contributed by atoms with van der Waals surface area (Å²) < 4.78 is 15.7. The van der Waals surface area contributed by atoms with Crippen LogP contribution in [0.25, 0.3) is 0 Å². The van der Waals surface area contributed by atoms with E-state index in [0.717, 1.165) is 0 Å². The van der Waals surface area contributed by atoms with Crippen molar-refractivity contribution < 1.29 is 53.0 Å². The van der Waals surface area contributed by atoms with Gasteiger partial charge in [0.05, 0.1) is 20.8 Å². The van der Waals surface area contributed by atoms with Gasteiger partial charge in [0.15, 0.2) is 0 Å². The molecule has 0 unspecified atom stereocenters. The second kappa shape index (κ2) is 21.1. The number of carbonyl (C=O) groups is 5. The van der Waals surface area contributed by atoms with Crippen LogP contribution >= 0.6 is 12.6 Å². The van der Waals surface area contributed by atoms with Crippen LogP contribution in [-0.2, 0) is 43.6 Å². The van der Waals surface area contributed by atoms with Crippen molar-refractivity contribution in [2.45, 2.75) is 56.4 Å². The molecule has 3 N–H and O–H groups in total. The maximum atomic E-state index is 13.3. The number of guanidine groups is 1. The molecule has 2 saturated heterocycles. The van der Waals surface area contributed by atoms with Gasteiger partial charge in [0.25, 0.3) is 17.1 Å². The Hall–Kier alpha value is -7.37. The van der Waals surface area contributed by atoms with Crippen LogP contribution in [0.2, 0.25) is 0 Å². The quantitative estimate of drug-likeness (QED) is 0.0322. The fraction of sp³-hybridized carbons (Fsp3) is 0.351. The average molecular weight is 866 g/mol. The van der Waals surface area contributed by atoms with Crippen molar-refractivity contribution in [3.63, 3.8) is 0 Å². The number of nitrogens with zero attached hydrogens (tertiary/aromatic N) is 6. The molecule has 0 radical (unpaired) electrons. The first-order chi connectivity index (χ1) is 29.1. The van der Waals surface area contributed by atoms with E-state index in [0.29, 0.717) is 23.1 Å². The van der Waals surface area contributed by atoms with E-state index in [9.17, 15) is 54.3 Å². The highest BCUT2D eigenvalue weighted by atomic mass is 32.1. The van der Waals surface area contributed by atoms with Gasteiger partial charge in [0.2, 0.25) is 17.8 Å². The minimum atomic E-state index is -1.04. The molecule has 0 aliphatic carbocycles. The molecule has 322 valence electrons. The van der Waals surface area contributed by atoms with Crippen LogP contribution in [0.4, 0.5) is 31.4 Å². The van der Waals surface area contributed by atoms with E-state index in [4.69, 9.17) is 14.2 Å². The second-order valence-corrected chi connectivity index (χ2v) is 14.4. The number of amides is 5. The third kappa shape index (κ3) is 13.3. The van der Waals surface area contributed by atoms with Crippen LogP contribution in [0.1, 0.15) is 36.0 Å². The number of rotatable bonds is 15. The van der Waals surface area contributed by atoms with Crippen LogP contribution in [0, 0.1) is 30.3 Å². The SMILES string of the molecule is O=C(CCCN=C(NC(=O)OCc1ccc([N+](=O)[O-])cc1)NC(=O)OCc1ccc([N+](=O)[O-])cc1)NC1CN(C(=O)[C@@H]2C[C@H](S)CN2C(=O)OCc2ccc([N+](=O)[O-])cc2)C1. The normalized spacial score (nSPS) is 15.7. The summed E-state index contributed by atoms with van der Waals surface area (Å²) in [5, 5.41) is 39.8. The third-order valence-corrected chi connectivity index (χ3v) is 9.55. The number of carbonyl (C=O) groups excluding carboxylic acids is 5. The van der Waals surface area contributed by atoms with Crippen molar-refractivity contribution in [1.29, 1.82) is 0 Å². The van der Waals surface area contributed by atoms with Crippen molar-refractivity contribution in [2.75, 3.05) is 26.2 Å². The van der Waals surface area contributed by atoms with E-state index in [-0.39, 0.29) is 105 Å². The first kappa shape index (κ1) is 44.7. The lowest BCUT2D eigenvalue weighted by molar-refractivity contribution is -0.385. The number of alkyl carbamates (subject to hydrolysis) is 2. The Morgan fingerprint density at radius 2 is 1.13 bits per heavy atom. The molecule has 2 aliphatic rings. The standard InChI is InChI=1S/C37H39N9O14S/c47-32(39-26-17-42(18-26)33(48)31-16-30(61)19-43(31)37(51)60-22-25-7-13-29(14-8-25)46(56)57)2-1-15-38-34(40-35(49)58-20-23-3-9-27(10-4-23)44(52)53)41-36(50)59-21-24-5-11-28(12-6-24)45(54)55/h3-14,26,30-31,61H,1-2,15-22H2,(H,39,47)(H2,38,40,41,49,50)/t30-,31-/m0/s1. The lowest BCUT2D eigenvalue weighted by Crippen LogP contribution is -2.63. The molecular formula is C37H39N9O14S. The fourth-order valence-corrected chi connectivity index (χ4v) is 6.36. The van der Waals surface area contributed by atoms with Gasteiger partial charge >= 0.3 is 18.3 Å². The summed E-state index contributed by atoms with van der Waals surface area (Å²) in [4.78, 5) is 102. The van der Waals surface area contributed by atoms with Crippen LogP contribution in [0.3, 0.4) is 0 Å². The van der Waals surface area contributed by atoms with Gasteiger partial charge in [-0.15, -0.1) is 0 Å². The topological polar surface area (TPSA) is 297 Å². The zero-order valence-electron chi connectivity index (χ0n) is 32.1. The zero-order valence-corrected chi connectivity index (χ0v) is 33.0. The van der Waals surface area contributed by atoms with Gasteiger partial charge in [0, 0.05) is 74.2 Å². The number of likely N-dealkylation sites (tertiary alicyclic amines) is 2. The average Bonchev–Trinajstić information content (AvgIpc) is 3.62. The molecule has 2 aliphatic heterocycles. The summed E-state index contributed by atoms with van der Waals surface area (Å²) in [6.45, 7) is -0.201. The van der Waals surface area contributed by atoms with Gasteiger partial charge in [0.1, 0.15) is 25.9 Å². The van der Waals surface area contributed by atoms with Gasteiger partial charge in [-0.2, -0.15) is 12.6 Å². The van der Waals surface area contributed by atoms with Gasteiger partial charge in [-0.1, -0.05) is 0 Å². The Labute approximate surface area is 351 Å². The summed E-state index contributed by atoms with van der Waals surface area (Å²) in [6, 6.07) is 14.9. The molecule has 2 atom stereocenters. The number of ether oxygens (including phenoxy) is 3. The highest BCUT2D eigenvalue weighted by Crippen LogP contribution is 2.27. The van der Waals surface area contributed by atoms with Crippen LogP contribution in [0.15, 0.2) is 77.8 Å². The number of benzene rings is 3. The summed E-state index contributed by atoms with van der Waals surface area (Å²) in [5.74, 6) is -1.06. The maximum Gasteiger partial charge on any atom is 0.414 e. The number of nitro groups is 3. The van der Waals surface area contributed by atoms with Gasteiger partial charge in [-0.3, -0.25) is 60.5 Å². The predicted molar refractivity (Wildman–Crippen MR) is 214 cm³/mol. The Kier molecular flexibility index (Phi) is 15.4. The first-order valence-electron chi connectivity index (χ1n) is 18.5. The highest BCUT2D eigenvalue weighted by Gasteiger charge is 2.44. The Morgan fingerprint density at radius 1 is 0.689 bits per heavy atom. The molecule has 0 spiro atoms. The summed E-state index contributed by atoms with van der Waals surface area (Å²) in [6.07, 6.45) is -2.38. The van der Waals surface area contributed by atoms with E-state index in [1.54, 1.807) is 0 Å². The van der Waals surface area contributed by atoms with Crippen molar-refractivity contribution in [3.05, 3.63) is 120 Å². The number of non-ortho nitro benzene ring substituents is 3. The van der Waals surface area contributed by atoms with Crippen LogP contribution < -0.4 is 16.0 Å². The van der Waals surface area contributed by atoms with E-state index in [1.807, 2.05) is 0 Å². The molecule has 2 fully saturated rings. The van der Waals surface area contributed by atoms with Crippen LogP contribution in [-0.4, -0.2) is 104 Å². The Morgan fingerprint density at radius 3 is 1.57 bits per heavy atom. The van der Waals surface area contributed by atoms with E-state index >= 15 is 0 Å². The zero-order chi connectivity index (χ0) is 44.1. The molecule has 5 amide bonds. The molecule has 0 saturated carbocycles. The third-order valence-electron chi connectivity index (χ3n) is 9.17. The molecule has 3 aromatic carbocycles. The lowest BCUT2D eigenvalue weighted by Gasteiger charge is -2.41. The molecule has 2 heterocycles. The maximum absolute atomic E-state index is 13.3. The predicted octanol–water partition coefficient (Wildman–Crippen LogP) is 3.74. The number of nitrogens with one attached hydrogen (secondary N) is 3. The lowest BCUT2D eigenvalue weighted by atomic mass is 10.1. The molecule has 0 bridgehead atoms. The number of hydrogen-bond acceptors (Lipinski definition) is 16. The minimum Gasteiger partial charge on any atom is -0.445 e. The number of thiol groups is 1. The fourth-order valence-electron chi connectivity index (χ4n) is 5.98. The summed E-state index contributed by atoms with van der Waals surface area (Å²) >= 11 is 4.46. The van der Waals surface area contributed by atoms with Crippen molar-refractivity contribution in [2.24, 2.45) is 4.99 Å². The minimum absolute atomic E-state index is 0.0191. The monoisotopic (exact) mass is 865 g/mol. The Bertz CT molecular complexity index is 2070. The molecule has 61 heavy (non-hydrogen) atoms. The molecule has 3 aromatic rings. The van der Waals surface area contributed by atoms with Crippen molar-refractivity contribution in [1.82, 2.24) is 25.8 Å². The smallest absolute Gasteiger partial charge is 0.414 e. The number of hydrogen-bond donors (Lipinski definition) is 4.